The van der Waals surface area contributed by atoms with Gasteiger partial charge >= 0.3 is 5.97 Å². The van der Waals surface area contributed by atoms with Crippen LogP contribution in [0.4, 0.5) is 0 Å². The molecule has 1 aliphatic rings. The van der Waals surface area contributed by atoms with Gasteiger partial charge in [0.1, 0.15) is 17.9 Å². The highest BCUT2D eigenvalue weighted by molar-refractivity contribution is 5.78. The second-order valence-corrected chi connectivity index (χ2v) is 6.81. The maximum atomic E-state index is 12.5. The van der Waals surface area contributed by atoms with Crippen LogP contribution in [0.2, 0.25) is 0 Å². The third-order valence-corrected chi connectivity index (χ3v) is 3.86. The smallest absolute Gasteiger partial charge is 0.323 e. The average molecular weight is 314 g/mol. The normalized spacial score (nSPS) is 24.9. The summed E-state index contributed by atoms with van der Waals surface area (Å²) >= 11 is 0. The lowest BCUT2D eigenvalue weighted by atomic mass is 10.0. The van der Waals surface area contributed by atoms with Crippen LogP contribution in [0.1, 0.15) is 32.8 Å². The van der Waals surface area contributed by atoms with Gasteiger partial charge in [0.25, 0.3) is 0 Å². The molecule has 3 atom stereocenters. The number of carbonyl (C=O) groups excluding carboxylic acids is 2. The molecule has 23 heavy (non-hydrogen) atoms. The van der Waals surface area contributed by atoms with Gasteiger partial charge in [-0.05, 0) is 32.8 Å². The van der Waals surface area contributed by atoms with E-state index < -0.39 is 23.6 Å². The SMILES string of the molecule is CC(C)(C)OC(=O)[C@H]1C[C@@H](C#N)[C@H](C=O)N1Cc1ccccc1. The van der Waals surface area contributed by atoms with Crippen molar-refractivity contribution in [3.8, 4) is 6.07 Å². The Labute approximate surface area is 136 Å². The fourth-order valence-corrected chi connectivity index (χ4v) is 2.87. The van der Waals surface area contributed by atoms with E-state index in [4.69, 9.17) is 4.74 Å². The largest absolute Gasteiger partial charge is 0.459 e. The maximum absolute atomic E-state index is 12.5. The molecule has 1 aliphatic heterocycles. The molecule has 1 aromatic rings. The first-order valence-electron chi connectivity index (χ1n) is 7.73. The van der Waals surface area contributed by atoms with Gasteiger partial charge in [0, 0.05) is 6.54 Å². The van der Waals surface area contributed by atoms with Gasteiger partial charge in [0.15, 0.2) is 0 Å². The van der Waals surface area contributed by atoms with E-state index in [2.05, 4.69) is 6.07 Å². The standard InChI is InChI=1S/C18H22N2O3/c1-18(2,3)23-17(22)15-9-14(10-19)16(12-21)20(15)11-13-7-5-4-6-8-13/h4-8,12,14-16H,9,11H2,1-3H3/t14-,15+,16-/m0/s1. The predicted octanol–water partition coefficient (Wildman–Crippen LogP) is 2.31. The van der Waals surface area contributed by atoms with E-state index in [9.17, 15) is 14.9 Å². The molecule has 0 saturated carbocycles. The minimum absolute atomic E-state index is 0.321. The molecule has 0 radical (unpaired) electrons. The maximum Gasteiger partial charge on any atom is 0.323 e. The number of benzene rings is 1. The summed E-state index contributed by atoms with van der Waals surface area (Å²) in [4.78, 5) is 25.8. The number of nitriles is 1. The Bertz CT molecular complexity index is 601. The van der Waals surface area contributed by atoms with E-state index >= 15 is 0 Å². The summed E-state index contributed by atoms with van der Waals surface area (Å²) in [6.07, 6.45) is 1.09. The molecule has 5 heteroatoms. The summed E-state index contributed by atoms with van der Waals surface area (Å²) in [5, 5.41) is 9.30. The molecule has 0 aromatic heterocycles. The fourth-order valence-electron chi connectivity index (χ4n) is 2.87. The van der Waals surface area contributed by atoms with Gasteiger partial charge in [-0.15, -0.1) is 0 Å². The number of carbonyl (C=O) groups is 2. The monoisotopic (exact) mass is 314 g/mol. The third kappa shape index (κ3) is 4.17. The zero-order valence-corrected chi connectivity index (χ0v) is 13.7. The lowest BCUT2D eigenvalue weighted by molar-refractivity contribution is -0.161. The Kier molecular flexibility index (Phi) is 5.17. The Morgan fingerprint density at radius 1 is 1.39 bits per heavy atom. The van der Waals surface area contributed by atoms with Gasteiger partial charge in [-0.2, -0.15) is 5.26 Å². The number of aldehydes is 1. The molecular weight excluding hydrogens is 292 g/mol. The minimum atomic E-state index is -0.600. The summed E-state index contributed by atoms with van der Waals surface area (Å²) in [5.41, 5.74) is 0.392. The summed E-state index contributed by atoms with van der Waals surface area (Å²) in [7, 11) is 0. The molecule has 0 unspecified atom stereocenters. The number of ether oxygens (including phenoxy) is 1. The van der Waals surface area contributed by atoms with Crippen molar-refractivity contribution in [1.82, 2.24) is 4.90 Å². The summed E-state index contributed by atoms with van der Waals surface area (Å²) in [5.74, 6) is -0.869. The van der Waals surface area contributed by atoms with Gasteiger partial charge in [-0.3, -0.25) is 9.69 Å². The predicted molar refractivity (Wildman–Crippen MR) is 85.2 cm³/mol. The second kappa shape index (κ2) is 6.93. The van der Waals surface area contributed by atoms with Gasteiger partial charge in [-0.25, -0.2) is 0 Å². The van der Waals surface area contributed by atoms with E-state index in [1.165, 1.54) is 0 Å². The Balaban J connectivity index is 2.25. The summed E-state index contributed by atoms with van der Waals surface area (Å²) in [6.45, 7) is 5.85. The van der Waals surface area contributed by atoms with Gasteiger partial charge in [0.05, 0.1) is 18.0 Å². The van der Waals surface area contributed by atoms with Gasteiger partial charge in [-0.1, -0.05) is 30.3 Å². The second-order valence-electron chi connectivity index (χ2n) is 6.81. The molecule has 5 nitrogen and oxygen atoms in total. The summed E-state index contributed by atoms with van der Waals surface area (Å²) < 4.78 is 5.47. The number of nitrogens with zero attached hydrogens (tertiary/aromatic N) is 2. The number of esters is 1. The van der Waals surface area contributed by atoms with Crippen molar-refractivity contribution in [3.05, 3.63) is 35.9 Å². The molecule has 1 fully saturated rings. The third-order valence-electron chi connectivity index (χ3n) is 3.86. The van der Waals surface area contributed by atoms with E-state index in [1.54, 1.807) is 25.7 Å². The summed E-state index contributed by atoms with van der Waals surface area (Å²) in [6, 6.07) is 10.6. The fraction of sp³-hybridized carbons (Fsp3) is 0.500. The zero-order valence-electron chi connectivity index (χ0n) is 13.7. The van der Waals surface area contributed by atoms with Crippen molar-refractivity contribution in [2.75, 3.05) is 0 Å². The van der Waals surface area contributed by atoms with Crippen molar-refractivity contribution in [1.29, 1.82) is 5.26 Å². The quantitative estimate of drug-likeness (QED) is 0.630. The molecule has 1 aromatic carbocycles. The van der Waals surface area contributed by atoms with E-state index in [0.717, 1.165) is 11.8 Å². The number of rotatable bonds is 4. The average Bonchev–Trinajstić information content (AvgIpc) is 2.84. The molecule has 0 bridgehead atoms. The van der Waals surface area contributed by atoms with Crippen LogP contribution >= 0.6 is 0 Å². The van der Waals surface area contributed by atoms with Crippen molar-refractivity contribution < 1.29 is 14.3 Å². The van der Waals surface area contributed by atoms with Crippen LogP contribution in [0, 0.1) is 17.2 Å². The van der Waals surface area contributed by atoms with Crippen LogP contribution in [-0.4, -0.2) is 34.8 Å². The molecular formula is C18H22N2O3. The van der Waals surface area contributed by atoms with E-state index in [-0.39, 0.29) is 5.97 Å². The highest BCUT2D eigenvalue weighted by atomic mass is 16.6. The molecule has 122 valence electrons. The lowest BCUT2D eigenvalue weighted by Crippen LogP contribution is -2.44. The number of hydrogen-bond acceptors (Lipinski definition) is 5. The first-order chi connectivity index (χ1) is 10.9. The van der Waals surface area contributed by atoms with Crippen LogP contribution < -0.4 is 0 Å². The topological polar surface area (TPSA) is 70.4 Å². The zero-order chi connectivity index (χ0) is 17.0. The molecule has 0 amide bonds. The van der Waals surface area contributed by atoms with Crippen LogP contribution in [0.3, 0.4) is 0 Å². The molecule has 1 saturated heterocycles. The number of hydrogen-bond donors (Lipinski definition) is 0. The molecule has 2 rings (SSSR count). The van der Waals surface area contributed by atoms with Crippen molar-refractivity contribution in [2.24, 2.45) is 5.92 Å². The minimum Gasteiger partial charge on any atom is -0.459 e. The van der Waals surface area contributed by atoms with Crippen LogP contribution in [0.25, 0.3) is 0 Å². The molecule has 0 N–H and O–H groups in total. The van der Waals surface area contributed by atoms with Crippen LogP contribution in [0.15, 0.2) is 30.3 Å². The van der Waals surface area contributed by atoms with E-state index in [0.29, 0.717) is 13.0 Å². The first kappa shape index (κ1) is 17.2. The highest BCUT2D eigenvalue weighted by Crippen LogP contribution is 2.31. The lowest BCUT2D eigenvalue weighted by Gasteiger charge is -2.29. The van der Waals surface area contributed by atoms with Crippen molar-refractivity contribution in [3.63, 3.8) is 0 Å². The Morgan fingerprint density at radius 2 is 2.04 bits per heavy atom. The van der Waals surface area contributed by atoms with E-state index in [1.807, 2.05) is 30.3 Å². The molecule has 0 aliphatic carbocycles. The highest BCUT2D eigenvalue weighted by Gasteiger charge is 2.46. The van der Waals surface area contributed by atoms with Crippen LogP contribution in [0.5, 0.6) is 0 Å². The number of likely N-dealkylation sites (tertiary alicyclic amines) is 1. The van der Waals surface area contributed by atoms with Crippen molar-refractivity contribution >= 4 is 12.3 Å². The first-order valence-corrected chi connectivity index (χ1v) is 7.73. The van der Waals surface area contributed by atoms with Crippen molar-refractivity contribution in [2.45, 2.75) is 51.4 Å². The van der Waals surface area contributed by atoms with Crippen LogP contribution in [-0.2, 0) is 20.9 Å². The van der Waals surface area contributed by atoms with Gasteiger partial charge in [0.2, 0.25) is 0 Å². The molecule has 0 spiro atoms. The van der Waals surface area contributed by atoms with Gasteiger partial charge < -0.3 is 9.53 Å². The molecule has 1 heterocycles. The Hall–Kier alpha value is -2.19. The Morgan fingerprint density at radius 3 is 2.57 bits per heavy atom.